The molecule has 13 heavy (non-hydrogen) atoms. The number of nitrogens with two attached hydrogens (primary N) is 1. The molecule has 2 heteroatoms. The summed E-state index contributed by atoms with van der Waals surface area (Å²) in [7, 11) is 0. The monoisotopic (exact) mass is 177 g/mol. The van der Waals surface area contributed by atoms with Crippen molar-refractivity contribution in [3.05, 3.63) is 29.8 Å². The molecule has 70 valence electrons. The third-order valence-corrected chi connectivity index (χ3v) is 3.05. The number of hydrogen-bond acceptors (Lipinski definition) is 2. The number of aliphatic hydroxyl groups excluding tert-OH is 1. The molecule has 1 aliphatic carbocycles. The van der Waals surface area contributed by atoms with E-state index in [2.05, 4.69) is 6.07 Å². The van der Waals surface area contributed by atoms with E-state index < -0.39 is 0 Å². The van der Waals surface area contributed by atoms with Gasteiger partial charge in [0.2, 0.25) is 0 Å². The van der Waals surface area contributed by atoms with Crippen molar-refractivity contribution in [2.75, 3.05) is 5.73 Å². The fourth-order valence-corrected chi connectivity index (χ4v) is 1.93. The third kappa shape index (κ3) is 1.31. The zero-order valence-electron chi connectivity index (χ0n) is 7.83. The van der Waals surface area contributed by atoms with Crippen LogP contribution in [0.25, 0.3) is 0 Å². The van der Waals surface area contributed by atoms with Crippen LogP contribution in [-0.2, 0) is 5.41 Å². The first-order valence-corrected chi connectivity index (χ1v) is 4.69. The zero-order valence-corrected chi connectivity index (χ0v) is 7.83. The molecule has 0 aromatic heterocycles. The molecule has 1 saturated carbocycles. The highest BCUT2D eigenvalue weighted by atomic mass is 16.3. The number of nitrogen functional groups attached to an aromatic ring is 1. The van der Waals surface area contributed by atoms with Gasteiger partial charge in [0, 0.05) is 11.1 Å². The Balaban J connectivity index is 2.35. The van der Waals surface area contributed by atoms with Crippen LogP contribution in [0.5, 0.6) is 0 Å². The van der Waals surface area contributed by atoms with E-state index in [4.69, 9.17) is 5.73 Å². The van der Waals surface area contributed by atoms with Gasteiger partial charge in [-0.2, -0.15) is 0 Å². The van der Waals surface area contributed by atoms with Crippen LogP contribution in [0.1, 0.15) is 25.3 Å². The van der Waals surface area contributed by atoms with E-state index in [-0.39, 0.29) is 11.5 Å². The lowest BCUT2D eigenvalue weighted by Crippen LogP contribution is -2.22. The van der Waals surface area contributed by atoms with Gasteiger partial charge in [-0.1, -0.05) is 12.1 Å². The number of anilines is 1. The summed E-state index contributed by atoms with van der Waals surface area (Å²) in [6.07, 6.45) is 1.89. The summed E-state index contributed by atoms with van der Waals surface area (Å²) in [6.45, 7) is 1.86. The van der Waals surface area contributed by atoms with E-state index in [0.717, 1.165) is 18.5 Å². The maximum absolute atomic E-state index is 9.65. The molecular weight excluding hydrogens is 162 g/mol. The van der Waals surface area contributed by atoms with Crippen LogP contribution in [0.15, 0.2) is 24.3 Å². The number of hydrogen-bond donors (Lipinski definition) is 2. The Labute approximate surface area is 78.4 Å². The second kappa shape index (κ2) is 2.74. The first-order valence-electron chi connectivity index (χ1n) is 4.69. The van der Waals surface area contributed by atoms with Crippen LogP contribution in [0.2, 0.25) is 0 Å². The summed E-state index contributed by atoms with van der Waals surface area (Å²) >= 11 is 0. The van der Waals surface area contributed by atoms with Crippen molar-refractivity contribution in [3.8, 4) is 0 Å². The standard InChI is InChI=1S/C11H15NO/c1-8(13)11(5-6-11)9-3-2-4-10(12)7-9/h2-4,7-8,13H,5-6,12H2,1H3. The molecule has 0 saturated heterocycles. The smallest absolute Gasteiger partial charge is 0.0608 e. The van der Waals surface area contributed by atoms with Crippen LogP contribution >= 0.6 is 0 Å². The van der Waals surface area contributed by atoms with Gasteiger partial charge < -0.3 is 10.8 Å². The molecule has 0 radical (unpaired) electrons. The second-order valence-electron chi connectivity index (χ2n) is 3.96. The molecule has 1 aromatic rings. The Hall–Kier alpha value is -1.02. The molecule has 0 heterocycles. The van der Waals surface area contributed by atoms with Crippen molar-refractivity contribution in [2.24, 2.45) is 0 Å². The van der Waals surface area contributed by atoms with Gasteiger partial charge >= 0.3 is 0 Å². The Kier molecular flexibility index (Phi) is 1.81. The highest BCUT2D eigenvalue weighted by molar-refractivity contribution is 5.45. The van der Waals surface area contributed by atoms with E-state index in [9.17, 15) is 5.11 Å². The van der Waals surface area contributed by atoms with Crippen LogP contribution in [-0.4, -0.2) is 11.2 Å². The second-order valence-corrected chi connectivity index (χ2v) is 3.96. The average molecular weight is 177 g/mol. The summed E-state index contributed by atoms with van der Waals surface area (Å²) in [5.74, 6) is 0. The topological polar surface area (TPSA) is 46.2 Å². The SMILES string of the molecule is CC(O)C1(c2cccc(N)c2)CC1. The minimum absolute atomic E-state index is 0.00931. The largest absolute Gasteiger partial charge is 0.399 e. The quantitative estimate of drug-likeness (QED) is 0.675. The van der Waals surface area contributed by atoms with Gasteiger partial charge in [-0.15, -0.1) is 0 Å². The predicted octanol–water partition coefficient (Wildman–Crippen LogP) is 1.68. The van der Waals surface area contributed by atoms with Crippen LogP contribution in [0.3, 0.4) is 0 Å². The summed E-state index contributed by atoms with van der Waals surface area (Å²) in [6, 6.07) is 7.85. The Morgan fingerprint density at radius 2 is 2.15 bits per heavy atom. The van der Waals surface area contributed by atoms with E-state index in [1.165, 1.54) is 5.56 Å². The van der Waals surface area contributed by atoms with Crippen LogP contribution in [0.4, 0.5) is 5.69 Å². The molecule has 3 N–H and O–H groups in total. The van der Waals surface area contributed by atoms with Crippen molar-refractivity contribution in [2.45, 2.75) is 31.3 Å². The molecular formula is C11H15NO. The molecule has 1 atom stereocenters. The molecule has 1 aromatic carbocycles. The van der Waals surface area contributed by atoms with Gasteiger partial charge in [0.05, 0.1) is 6.10 Å². The lowest BCUT2D eigenvalue weighted by Gasteiger charge is -2.19. The molecule has 0 amide bonds. The molecule has 2 rings (SSSR count). The van der Waals surface area contributed by atoms with Gasteiger partial charge in [0.1, 0.15) is 0 Å². The van der Waals surface area contributed by atoms with Crippen molar-refractivity contribution in [1.29, 1.82) is 0 Å². The number of rotatable bonds is 2. The first kappa shape index (κ1) is 8.57. The first-order chi connectivity index (χ1) is 6.15. The highest BCUT2D eigenvalue weighted by Gasteiger charge is 2.48. The Morgan fingerprint density at radius 3 is 2.62 bits per heavy atom. The fourth-order valence-electron chi connectivity index (χ4n) is 1.93. The minimum Gasteiger partial charge on any atom is -0.399 e. The van der Waals surface area contributed by atoms with Crippen molar-refractivity contribution in [3.63, 3.8) is 0 Å². The average Bonchev–Trinajstić information content (AvgIpc) is 2.83. The highest BCUT2D eigenvalue weighted by Crippen LogP contribution is 2.51. The lowest BCUT2D eigenvalue weighted by molar-refractivity contribution is 0.151. The van der Waals surface area contributed by atoms with Crippen molar-refractivity contribution >= 4 is 5.69 Å². The summed E-state index contributed by atoms with van der Waals surface area (Å²) in [5, 5.41) is 9.65. The molecule has 1 aliphatic rings. The van der Waals surface area contributed by atoms with Crippen molar-refractivity contribution < 1.29 is 5.11 Å². The normalized spacial score (nSPS) is 21.1. The fraction of sp³-hybridized carbons (Fsp3) is 0.455. The maximum Gasteiger partial charge on any atom is 0.0608 e. The molecule has 0 aliphatic heterocycles. The van der Waals surface area contributed by atoms with Crippen LogP contribution < -0.4 is 5.73 Å². The Bertz CT molecular complexity index is 316. The predicted molar refractivity (Wildman–Crippen MR) is 53.4 cm³/mol. The van der Waals surface area contributed by atoms with E-state index in [1.54, 1.807) is 0 Å². The van der Waals surface area contributed by atoms with Crippen LogP contribution in [0, 0.1) is 0 Å². The van der Waals surface area contributed by atoms with Gasteiger partial charge in [0.25, 0.3) is 0 Å². The van der Waals surface area contributed by atoms with Gasteiger partial charge in [-0.05, 0) is 37.5 Å². The lowest BCUT2D eigenvalue weighted by atomic mass is 9.91. The Morgan fingerprint density at radius 1 is 1.46 bits per heavy atom. The third-order valence-electron chi connectivity index (χ3n) is 3.05. The van der Waals surface area contributed by atoms with E-state index >= 15 is 0 Å². The van der Waals surface area contributed by atoms with Crippen molar-refractivity contribution in [1.82, 2.24) is 0 Å². The maximum atomic E-state index is 9.65. The zero-order chi connectivity index (χ0) is 9.47. The summed E-state index contributed by atoms with van der Waals surface area (Å²) in [4.78, 5) is 0. The minimum atomic E-state index is -0.269. The van der Waals surface area contributed by atoms with E-state index in [0.29, 0.717) is 0 Å². The molecule has 2 nitrogen and oxygen atoms in total. The van der Waals surface area contributed by atoms with Gasteiger partial charge in [-0.3, -0.25) is 0 Å². The molecule has 1 fully saturated rings. The number of aliphatic hydroxyl groups is 1. The molecule has 1 unspecified atom stereocenters. The van der Waals surface area contributed by atoms with Gasteiger partial charge in [-0.25, -0.2) is 0 Å². The molecule has 0 spiro atoms. The van der Waals surface area contributed by atoms with Gasteiger partial charge in [0.15, 0.2) is 0 Å². The van der Waals surface area contributed by atoms with E-state index in [1.807, 2.05) is 25.1 Å². The number of benzene rings is 1. The summed E-state index contributed by atoms with van der Waals surface area (Å²) in [5.41, 5.74) is 7.68. The molecule has 0 bridgehead atoms. The summed E-state index contributed by atoms with van der Waals surface area (Å²) < 4.78 is 0.